The van der Waals surface area contributed by atoms with E-state index in [0.717, 1.165) is 16.8 Å². The molecule has 0 spiro atoms. The molecule has 0 aliphatic rings. The second kappa shape index (κ2) is 6.83. The normalized spacial score (nSPS) is 10.7. The van der Waals surface area contributed by atoms with E-state index in [0.29, 0.717) is 23.2 Å². The largest absolute Gasteiger partial charge is 0.334 e. The van der Waals surface area contributed by atoms with E-state index in [9.17, 15) is 4.79 Å². The Kier molecular flexibility index (Phi) is 4.21. The number of aromatic nitrogens is 5. The van der Waals surface area contributed by atoms with Crippen LogP contribution in [0.1, 0.15) is 21.9 Å². The number of imidazole rings is 1. The van der Waals surface area contributed by atoms with Crippen LogP contribution >= 0.6 is 0 Å². The molecule has 0 radical (unpaired) electrons. The van der Waals surface area contributed by atoms with Gasteiger partial charge in [-0.05, 0) is 43.7 Å². The standard InChI is InChI=1S/C19H16N6O2/c1-12-4-3-5-15(8-12)23-18(26)16-10-25(11-21-16)17-7-6-14(9-20-17)19-22-13(2)24-27-19/h3-11H,1-2H3,(H,23,26). The van der Waals surface area contributed by atoms with E-state index in [1.165, 1.54) is 0 Å². The maximum atomic E-state index is 12.4. The lowest BCUT2D eigenvalue weighted by Crippen LogP contribution is -2.12. The van der Waals surface area contributed by atoms with Crippen molar-refractivity contribution >= 4 is 11.6 Å². The zero-order valence-corrected chi connectivity index (χ0v) is 14.7. The second-order valence-corrected chi connectivity index (χ2v) is 6.04. The summed E-state index contributed by atoms with van der Waals surface area (Å²) < 4.78 is 6.80. The molecule has 0 aliphatic heterocycles. The Morgan fingerprint density at radius 1 is 1.15 bits per heavy atom. The molecule has 0 saturated carbocycles. The lowest BCUT2D eigenvalue weighted by atomic mass is 10.2. The SMILES string of the molecule is Cc1cccc(NC(=O)c2cn(-c3ccc(-c4nc(C)no4)cn3)cn2)c1. The van der Waals surface area contributed by atoms with Gasteiger partial charge in [-0.25, -0.2) is 9.97 Å². The summed E-state index contributed by atoms with van der Waals surface area (Å²) in [6.07, 6.45) is 4.81. The van der Waals surface area contributed by atoms with Crippen LogP contribution in [-0.2, 0) is 0 Å². The van der Waals surface area contributed by atoms with Crippen molar-refractivity contribution in [2.45, 2.75) is 13.8 Å². The zero-order chi connectivity index (χ0) is 18.8. The van der Waals surface area contributed by atoms with E-state index >= 15 is 0 Å². The number of rotatable bonds is 4. The van der Waals surface area contributed by atoms with Crippen LogP contribution in [0.4, 0.5) is 5.69 Å². The summed E-state index contributed by atoms with van der Waals surface area (Å²) in [6.45, 7) is 3.72. The molecule has 1 aromatic carbocycles. The highest BCUT2D eigenvalue weighted by Crippen LogP contribution is 2.17. The molecule has 4 rings (SSSR count). The Hall–Kier alpha value is -3.81. The zero-order valence-electron chi connectivity index (χ0n) is 14.7. The van der Waals surface area contributed by atoms with Crippen LogP contribution in [0.25, 0.3) is 17.3 Å². The lowest BCUT2D eigenvalue weighted by molar-refractivity contribution is 0.102. The maximum Gasteiger partial charge on any atom is 0.275 e. The number of pyridine rings is 1. The van der Waals surface area contributed by atoms with Gasteiger partial charge in [0.25, 0.3) is 11.8 Å². The number of nitrogens with zero attached hydrogens (tertiary/aromatic N) is 5. The number of aryl methyl sites for hydroxylation is 2. The van der Waals surface area contributed by atoms with Crippen molar-refractivity contribution in [3.63, 3.8) is 0 Å². The molecule has 8 heteroatoms. The van der Waals surface area contributed by atoms with Gasteiger partial charge in [0.2, 0.25) is 0 Å². The third kappa shape index (κ3) is 3.59. The van der Waals surface area contributed by atoms with Crippen LogP contribution in [0.5, 0.6) is 0 Å². The molecule has 0 aliphatic carbocycles. The third-order valence-electron chi connectivity index (χ3n) is 3.88. The van der Waals surface area contributed by atoms with Gasteiger partial charge in [0, 0.05) is 18.1 Å². The fourth-order valence-electron chi connectivity index (χ4n) is 2.56. The molecular weight excluding hydrogens is 344 g/mol. The van der Waals surface area contributed by atoms with Crippen LogP contribution < -0.4 is 5.32 Å². The average Bonchev–Trinajstić information content (AvgIpc) is 3.31. The van der Waals surface area contributed by atoms with E-state index in [4.69, 9.17) is 4.52 Å². The van der Waals surface area contributed by atoms with Gasteiger partial charge in [-0.2, -0.15) is 4.98 Å². The quantitative estimate of drug-likeness (QED) is 0.600. The first-order valence-electron chi connectivity index (χ1n) is 8.27. The first kappa shape index (κ1) is 16.6. The van der Waals surface area contributed by atoms with Crippen LogP contribution in [-0.4, -0.2) is 30.6 Å². The van der Waals surface area contributed by atoms with Crippen molar-refractivity contribution in [3.05, 3.63) is 72.2 Å². The fourth-order valence-corrected chi connectivity index (χ4v) is 2.56. The van der Waals surface area contributed by atoms with E-state index in [1.54, 1.807) is 36.3 Å². The van der Waals surface area contributed by atoms with Crippen LogP contribution in [0.3, 0.4) is 0 Å². The van der Waals surface area contributed by atoms with E-state index in [2.05, 4.69) is 25.4 Å². The van der Waals surface area contributed by atoms with Crippen LogP contribution in [0.15, 0.2) is 59.6 Å². The molecule has 0 bridgehead atoms. The third-order valence-corrected chi connectivity index (χ3v) is 3.88. The molecule has 0 atom stereocenters. The minimum atomic E-state index is -0.280. The monoisotopic (exact) mass is 360 g/mol. The Balaban J connectivity index is 1.51. The van der Waals surface area contributed by atoms with Gasteiger partial charge in [-0.15, -0.1) is 0 Å². The summed E-state index contributed by atoms with van der Waals surface area (Å²) in [5.74, 6) is 1.32. The smallest absolute Gasteiger partial charge is 0.275 e. The van der Waals surface area contributed by atoms with Crippen molar-refractivity contribution in [2.24, 2.45) is 0 Å². The number of hydrogen-bond donors (Lipinski definition) is 1. The summed E-state index contributed by atoms with van der Waals surface area (Å²) in [5, 5.41) is 6.60. The number of amides is 1. The minimum absolute atomic E-state index is 0.280. The summed E-state index contributed by atoms with van der Waals surface area (Å²) in [7, 11) is 0. The molecule has 1 amide bonds. The highest BCUT2D eigenvalue weighted by Gasteiger charge is 2.12. The Bertz CT molecular complexity index is 1100. The van der Waals surface area contributed by atoms with Gasteiger partial charge in [0.15, 0.2) is 5.82 Å². The molecule has 4 aromatic rings. The molecule has 0 saturated heterocycles. The molecule has 1 N–H and O–H groups in total. The molecular formula is C19H16N6O2. The van der Waals surface area contributed by atoms with Crippen LogP contribution in [0.2, 0.25) is 0 Å². The fraction of sp³-hybridized carbons (Fsp3) is 0.105. The topological polar surface area (TPSA) is 98.7 Å². The minimum Gasteiger partial charge on any atom is -0.334 e. The van der Waals surface area contributed by atoms with Gasteiger partial charge in [-0.3, -0.25) is 9.36 Å². The predicted octanol–water partition coefficient (Wildman–Crippen LogP) is 3.19. The lowest BCUT2D eigenvalue weighted by Gasteiger charge is -2.04. The summed E-state index contributed by atoms with van der Waals surface area (Å²) in [5.41, 5.74) is 2.82. The number of carbonyl (C=O) groups excluding carboxylic acids is 1. The van der Waals surface area contributed by atoms with Crippen molar-refractivity contribution in [3.8, 4) is 17.3 Å². The van der Waals surface area contributed by atoms with Gasteiger partial charge in [0.05, 0.1) is 5.56 Å². The first-order valence-corrected chi connectivity index (χ1v) is 8.27. The van der Waals surface area contributed by atoms with Gasteiger partial charge in [0.1, 0.15) is 17.8 Å². The number of benzene rings is 1. The molecule has 134 valence electrons. The van der Waals surface area contributed by atoms with Gasteiger partial charge in [-0.1, -0.05) is 17.3 Å². The van der Waals surface area contributed by atoms with Crippen molar-refractivity contribution in [1.29, 1.82) is 0 Å². The number of anilines is 1. The number of nitrogens with one attached hydrogen (secondary N) is 1. The molecule has 0 unspecified atom stereocenters. The Labute approximate surface area is 154 Å². The highest BCUT2D eigenvalue weighted by atomic mass is 16.5. The van der Waals surface area contributed by atoms with Gasteiger partial charge >= 0.3 is 0 Å². The average molecular weight is 360 g/mol. The highest BCUT2D eigenvalue weighted by molar-refractivity contribution is 6.02. The van der Waals surface area contributed by atoms with Crippen LogP contribution in [0, 0.1) is 13.8 Å². The van der Waals surface area contributed by atoms with E-state index in [1.807, 2.05) is 37.3 Å². The van der Waals surface area contributed by atoms with E-state index < -0.39 is 0 Å². The van der Waals surface area contributed by atoms with Crippen molar-refractivity contribution < 1.29 is 9.32 Å². The molecule has 3 heterocycles. The summed E-state index contributed by atoms with van der Waals surface area (Å²) in [4.78, 5) is 25.1. The second-order valence-electron chi connectivity index (χ2n) is 6.04. The molecule has 8 nitrogen and oxygen atoms in total. The maximum absolute atomic E-state index is 12.4. The summed E-state index contributed by atoms with van der Waals surface area (Å²) >= 11 is 0. The van der Waals surface area contributed by atoms with Crippen molar-refractivity contribution in [1.82, 2.24) is 24.7 Å². The van der Waals surface area contributed by atoms with Crippen molar-refractivity contribution in [2.75, 3.05) is 5.32 Å². The molecule has 3 aromatic heterocycles. The number of hydrogen-bond acceptors (Lipinski definition) is 6. The predicted molar refractivity (Wildman–Crippen MR) is 98.5 cm³/mol. The summed E-state index contributed by atoms with van der Waals surface area (Å²) in [6, 6.07) is 11.2. The first-order chi connectivity index (χ1) is 13.1. The molecule has 27 heavy (non-hydrogen) atoms. The number of carbonyl (C=O) groups is 1. The van der Waals surface area contributed by atoms with Gasteiger partial charge < -0.3 is 9.84 Å². The molecule has 0 fully saturated rings. The Morgan fingerprint density at radius 2 is 2.04 bits per heavy atom. The van der Waals surface area contributed by atoms with E-state index in [-0.39, 0.29) is 5.91 Å². The Morgan fingerprint density at radius 3 is 2.74 bits per heavy atom.